The molecule has 0 unspecified atom stereocenters. The summed E-state index contributed by atoms with van der Waals surface area (Å²) < 4.78 is 4.83. The molecule has 0 N–H and O–H groups in total. The summed E-state index contributed by atoms with van der Waals surface area (Å²) in [6, 6.07) is 3.18. The minimum Gasteiger partial charge on any atom is -0.465 e. The maximum Gasteiger partial charge on any atom is 0.316 e. The van der Waals surface area contributed by atoms with E-state index in [1.54, 1.807) is 19.9 Å². The molecule has 0 bridgehead atoms. The first-order valence-electron chi connectivity index (χ1n) is 5.50. The van der Waals surface area contributed by atoms with Gasteiger partial charge in [0.15, 0.2) is 0 Å². The molecule has 0 aliphatic carbocycles. The van der Waals surface area contributed by atoms with E-state index < -0.39 is 4.92 Å². The van der Waals surface area contributed by atoms with Gasteiger partial charge in [-0.3, -0.25) is 14.9 Å². The number of ether oxygens (including phenoxy) is 1. The third-order valence-electron chi connectivity index (χ3n) is 2.41. The van der Waals surface area contributed by atoms with E-state index in [1.165, 1.54) is 17.8 Å². The van der Waals surface area contributed by atoms with Gasteiger partial charge in [-0.25, -0.2) is 0 Å². The van der Waals surface area contributed by atoms with Gasteiger partial charge < -0.3 is 4.74 Å². The summed E-state index contributed by atoms with van der Waals surface area (Å²) in [5, 5.41) is 10.8. The van der Waals surface area contributed by atoms with Crippen LogP contribution in [0.4, 0.5) is 5.69 Å². The number of benzene rings is 1. The Bertz CT molecular complexity index is 473. The molecule has 0 saturated heterocycles. The molecule has 0 aliphatic rings. The van der Waals surface area contributed by atoms with E-state index in [0.717, 1.165) is 10.5 Å². The normalized spacial score (nSPS) is 10.2. The van der Waals surface area contributed by atoms with Crippen LogP contribution in [0.25, 0.3) is 0 Å². The van der Waals surface area contributed by atoms with Crippen molar-refractivity contribution in [2.24, 2.45) is 0 Å². The summed E-state index contributed by atoms with van der Waals surface area (Å²) in [7, 11) is 0. The summed E-state index contributed by atoms with van der Waals surface area (Å²) in [6.07, 6.45) is 0. The van der Waals surface area contributed by atoms with Crippen molar-refractivity contribution in [3.05, 3.63) is 33.4 Å². The molecule has 6 heteroatoms. The van der Waals surface area contributed by atoms with Gasteiger partial charge in [0.25, 0.3) is 5.69 Å². The molecule has 0 atom stereocenters. The topological polar surface area (TPSA) is 69.4 Å². The van der Waals surface area contributed by atoms with Crippen LogP contribution < -0.4 is 0 Å². The van der Waals surface area contributed by atoms with Gasteiger partial charge >= 0.3 is 5.97 Å². The fourth-order valence-electron chi connectivity index (χ4n) is 1.57. The van der Waals surface area contributed by atoms with Gasteiger partial charge in [0.2, 0.25) is 0 Å². The van der Waals surface area contributed by atoms with E-state index in [-0.39, 0.29) is 17.4 Å². The maximum atomic E-state index is 11.3. The molecule has 0 amide bonds. The van der Waals surface area contributed by atoms with E-state index >= 15 is 0 Å². The van der Waals surface area contributed by atoms with Gasteiger partial charge in [0.1, 0.15) is 0 Å². The minimum atomic E-state index is -0.413. The van der Waals surface area contributed by atoms with Crippen LogP contribution >= 0.6 is 11.8 Å². The standard InChI is InChI=1S/C12H15NO4S/c1-4-17-11(14)7-18-12-8(2)5-6-10(9(12)3)13(15)16/h5-6H,4,7H2,1-3H3. The van der Waals surface area contributed by atoms with Crippen LogP contribution in [0.5, 0.6) is 0 Å². The number of aryl methyl sites for hydroxylation is 1. The van der Waals surface area contributed by atoms with Crippen molar-refractivity contribution in [1.82, 2.24) is 0 Å². The first-order chi connectivity index (χ1) is 8.47. The lowest BCUT2D eigenvalue weighted by atomic mass is 10.1. The second-order valence-corrected chi connectivity index (χ2v) is 4.69. The first-order valence-corrected chi connectivity index (χ1v) is 6.49. The highest BCUT2D eigenvalue weighted by Crippen LogP contribution is 2.32. The summed E-state index contributed by atoms with van der Waals surface area (Å²) in [6.45, 7) is 5.64. The monoisotopic (exact) mass is 269 g/mol. The number of carbonyl (C=O) groups excluding carboxylic acids is 1. The lowest BCUT2D eigenvalue weighted by Gasteiger charge is -2.09. The van der Waals surface area contributed by atoms with Crippen LogP contribution in [-0.2, 0) is 9.53 Å². The van der Waals surface area contributed by atoms with Crippen LogP contribution in [0.15, 0.2) is 17.0 Å². The molecule has 0 fully saturated rings. The van der Waals surface area contributed by atoms with Gasteiger partial charge in [0.05, 0.1) is 17.3 Å². The van der Waals surface area contributed by atoms with Crippen LogP contribution in [0.2, 0.25) is 0 Å². The van der Waals surface area contributed by atoms with Gasteiger partial charge in [-0.2, -0.15) is 0 Å². The van der Waals surface area contributed by atoms with Crippen LogP contribution in [-0.4, -0.2) is 23.3 Å². The number of nitrogens with zero attached hydrogens (tertiary/aromatic N) is 1. The molecule has 1 aromatic rings. The molecule has 0 aliphatic heterocycles. The Morgan fingerprint density at radius 1 is 1.44 bits per heavy atom. The largest absolute Gasteiger partial charge is 0.465 e. The number of thioether (sulfide) groups is 1. The maximum absolute atomic E-state index is 11.3. The minimum absolute atomic E-state index is 0.0759. The second kappa shape index (κ2) is 6.39. The van der Waals surface area contributed by atoms with Crippen molar-refractivity contribution in [3.63, 3.8) is 0 Å². The van der Waals surface area contributed by atoms with E-state index in [0.29, 0.717) is 12.2 Å². The molecular weight excluding hydrogens is 254 g/mol. The predicted molar refractivity (Wildman–Crippen MR) is 69.9 cm³/mol. The Balaban J connectivity index is 2.91. The number of rotatable bonds is 5. The average Bonchev–Trinajstić information content (AvgIpc) is 2.28. The summed E-state index contributed by atoms with van der Waals surface area (Å²) in [4.78, 5) is 22.5. The summed E-state index contributed by atoms with van der Waals surface area (Å²) in [5.74, 6) is -0.149. The third-order valence-corrected chi connectivity index (χ3v) is 3.71. The van der Waals surface area contributed by atoms with E-state index in [2.05, 4.69) is 0 Å². The zero-order chi connectivity index (χ0) is 13.7. The number of nitro groups is 1. The molecule has 0 saturated carbocycles. The van der Waals surface area contributed by atoms with Crippen LogP contribution in [0.3, 0.4) is 0 Å². The zero-order valence-corrected chi connectivity index (χ0v) is 11.4. The van der Waals surface area contributed by atoms with E-state index in [4.69, 9.17) is 4.74 Å². The smallest absolute Gasteiger partial charge is 0.316 e. The van der Waals surface area contributed by atoms with Crippen molar-refractivity contribution >= 4 is 23.4 Å². The average molecular weight is 269 g/mol. The molecule has 18 heavy (non-hydrogen) atoms. The molecule has 98 valence electrons. The molecule has 0 spiro atoms. The highest BCUT2D eigenvalue weighted by molar-refractivity contribution is 8.00. The van der Waals surface area contributed by atoms with E-state index in [9.17, 15) is 14.9 Å². The Morgan fingerprint density at radius 3 is 2.67 bits per heavy atom. The van der Waals surface area contributed by atoms with Gasteiger partial charge in [-0.15, -0.1) is 11.8 Å². The van der Waals surface area contributed by atoms with Crippen LogP contribution in [0.1, 0.15) is 18.1 Å². The summed E-state index contributed by atoms with van der Waals surface area (Å²) >= 11 is 1.27. The van der Waals surface area contributed by atoms with Gasteiger partial charge in [0, 0.05) is 16.5 Å². The zero-order valence-electron chi connectivity index (χ0n) is 10.6. The number of esters is 1. The fraction of sp³-hybridized carbons (Fsp3) is 0.417. The van der Waals surface area contributed by atoms with E-state index in [1.807, 2.05) is 6.92 Å². The predicted octanol–water partition coefficient (Wildman–Crippen LogP) is 2.87. The third kappa shape index (κ3) is 3.46. The Kier molecular flexibility index (Phi) is 5.15. The molecule has 1 rings (SSSR count). The summed E-state index contributed by atoms with van der Waals surface area (Å²) in [5.41, 5.74) is 1.59. The molecule has 0 heterocycles. The molecule has 1 aromatic carbocycles. The Morgan fingerprint density at radius 2 is 2.11 bits per heavy atom. The van der Waals surface area contributed by atoms with Crippen molar-refractivity contribution in [2.45, 2.75) is 25.7 Å². The quantitative estimate of drug-likeness (QED) is 0.356. The molecule has 0 aromatic heterocycles. The van der Waals surface area contributed by atoms with Crippen molar-refractivity contribution < 1.29 is 14.5 Å². The van der Waals surface area contributed by atoms with Crippen LogP contribution in [0, 0.1) is 24.0 Å². The number of hydrogen-bond donors (Lipinski definition) is 0. The van der Waals surface area contributed by atoms with Crippen molar-refractivity contribution in [2.75, 3.05) is 12.4 Å². The fourth-order valence-corrected chi connectivity index (χ4v) is 2.53. The first kappa shape index (κ1) is 14.5. The Hall–Kier alpha value is -1.56. The van der Waals surface area contributed by atoms with Crippen molar-refractivity contribution in [1.29, 1.82) is 0 Å². The number of nitro benzene ring substituents is 1. The molecular formula is C12H15NO4S. The lowest BCUT2D eigenvalue weighted by Crippen LogP contribution is -2.07. The highest BCUT2D eigenvalue weighted by Gasteiger charge is 2.17. The van der Waals surface area contributed by atoms with Gasteiger partial charge in [-0.1, -0.05) is 6.07 Å². The number of carbonyl (C=O) groups is 1. The number of hydrogen-bond acceptors (Lipinski definition) is 5. The SMILES string of the molecule is CCOC(=O)CSc1c(C)ccc([N+](=O)[O-])c1C. The molecule has 0 radical (unpaired) electrons. The Labute approximate surface area is 110 Å². The highest BCUT2D eigenvalue weighted by atomic mass is 32.2. The lowest BCUT2D eigenvalue weighted by molar-refractivity contribution is -0.385. The van der Waals surface area contributed by atoms with Gasteiger partial charge in [-0.05, 0) is 26.3 Å². The molecule has 5 nitrogen and oxygen atoms in total. The van der Waals surface area contributed by atoms with Crippen molar-refractivity contribution in [3.8, 4) is 0 Å². The second-order valence-electron chi connectivity index (χ2n) is 3.71.